The zero-order chi connectivity index (χ0) is 15.0. The van der Waals surface area contributed by atoms with Gasteiger partial charge in [-0.05, 0) is 35.7 Å². The summed E-state index contributed by atoms with van der Waals surface area (Å²) in [5, 5.41) is 4.52. The molecule has 2 aliphatic carbocycles. The van der Waals surface area contributed by atoms with Crippen LogP contribution in [0.5, 0.6) is 0 Å². The molecule has 0 unspecified atom stereocenters. The van der Waals surface area contributed by atoms with Crippen LogP contribution in [0.2, 0.25) is 0 Å². The first kappa shape index (κ1) is 16.6. The predicted molar refractivity (Wildman–Crippen MR) is 82.8 cm³/mol. The molecule has 1 saturated heterocycles. The largest absolute Gasteiger partial charge is 2.00 e. The minimum atomic E-state index is 0. The second kappa shape index (κ2) is 8.66. The fraction of sp³-hybridized carbons (Fsp3) is 0.150. The van der Waals surface area contributed by atoms with Crippen molar-refractivity contribution in [1.82, 2.24) is 0 Å². The number of hydrogen-bond donors (Lipinski definition) is 0. The molecule has 1 aromatic rings. The smallest absolute Gasteiger partial charge is 0.647 e. The predicted octanol–water partition coefficient (Wildman–Crippen LogP) is 2.86. The topological polar surface area (TPSA) is 23.3 Å². The average molecular weight is 336 g/mol. The van der Waals surface area contributed by atoms with Crippen molar-refractivity contribution in [2.24, 2.45) is 0 Å². The Balaban J connectivity index is 0.000000276. The third-order valence-corrected chi connectivity index (χ3v) is 2.99. The van der Waals surface area contributed by atoms with E-state index in [0.29, 0.717) is 12.5 Å². The van der Waals surface area contributed by atoms with Crippen molar-refractivity contribution < 1.29 is 21.8 Å². The molecular formula is C20H10FeNO. The van der Waals surface area contributed by atoms with Crippen molar-refractivity contribution in [2.45, 2.75) is 12.5 Å². The van der Waals surface area contributed by atoms with Gasteiger partial charge in [0, 0.05) is 5.88 Å². The van der Waals surface area contributed by atoms with E-state index in [1.807, 2.05) is 18.2 Å². The van der Waals surface area contributed by atoms with E-state index in [1.54, 1.807) is 0 Å². The van der Waals surface area contributed by atoms with Crippen LogP contribution in [0.1, 0.15) is 5.56 Å². The SMILES string of the molecule is C1#CC(=C2[N-][C@@H](Cc3ccccc3)CO2)C#C1.[C]1=C=C=C=[C-]1.[Fe+2]. The number of nitrogens with zero attached hydrogens (tertiary/aromatic N) is 1. The van der Waals surface area contributed by atoms with Gasteiger partial charge in [0.1, 0.15) is 0 Å². The number of rotatable bonds is 2. The Morgan fingerprint density at radius 3 is 2.52 bits per heavy atom. The van der Waals surface area contributed by atoms with Crippen LogP contribution in [-0.2, 0) is 28.2 Å². The normalized spacial score (nSPS) is 17.1. The summed E-state index contributed by atoms with van der Waals surface area (Å²) in [7, 11) is 0. The molecule has 0 bridgehead atoms. The van der Waals surface area contributed by atoms with Gasteiger partial charge in [-0.3, -0.25) is 11.5 Å². The molecule has 4 rings (SSSR count). The summed E-state index contributed by atoms with van der Waals surface area (Å²) >= 11 is 0. The Labute approximate surface area is 146 Å². The van der Waals surface area contributed by atoms with Crippen LogP contribution in [0.15, 0.2) is 59.0 Å². The summed E-state index contributed by atoms with van der Waals surface area (Å²) in [5.41, 5.74) is 9.50. The zero-order valence-corrected chi connectivity index (χ0v) is 13.2. The number of hydrogen-bond acceptors (Lipinski definition) is 1. The molecule has 1 heterocycles. The Kier molecular flexibility index (Phi) is 6.27. The molecule has 0 amide bonds. The van der Waals surface area contributed by atoms with E-state index < -0.39 is 0 Å². The second-order valence-corrected chi connectivity index (χ2v) is 4.59. The zero-order valence-electron chi connectivity index (χ0n) is 12.1. The van der Waals surface area contributed by atoms with Gasteiger partial charge >= 0.3 is 17.1 Å². The second-order valence-electron chi connectivity index (χ2n) is 4.59. The molecule has 0 aromatic heterocycles. The molecule has 0 N–H and O–H groups in total. The summed E-state index contributed by atoms with van der Waals surface area (Å²) in [6.45, 7) is 0.622. The quantitative estimate of drug-likeness (QED) is 0.353. The molecule has 3 aliphatic rings. The Hall–Kier alpha value is -2.72. The van der Waals surface area contributed by atoms with Crippen LogP contribution in [-0.4, -0.2) is 12.6 Å². The molecule has 1 radical (unpaired) electrons. The minimum Gasteiger partial charge on any atom is -0.647 e. The van der Waals surface area contributed by atoms with E-state index in [-0.39, 0.29) is 23.1 Å². The van der Waals surface area contributed by atoms with Crippen LogP contribution in [0.4, 0.5) is 0 Å². The maximum atomic E-state index is 5.53. The molecular weight excluding hydrogens is 326 g/mol. The van der Waals surface area contributed by atoms with Gasteiger partial charge in [-0.15, -0.1) is 12.2 Å². The first-order chi connectivity index (χ1) is 10.9. The fourth-order valence-corrected chi connectivity index (χ4v) is 2.02. The maximum absolute atomic E-state index is 5.53. The van der Waals surface area contributed by atoms with Gasteiger partial charge in [-0.1, -0.05) is 36.4 Å². The van der Waals surface area contributed by atoms with Gasteiger partial charge in [0.05, 0.1) is 12.2 Å². The van der Waals surface area contributed by atoms with Gasteiger partial charge in [-0.25, -0.2) is 5.73 Å². The molecule has 23 heavy (non-hydrogen) atoms. The minimum absolute atomic E-state index is 0. The van der Waals surface area contributed by atoms with Crippen LogP contribution >= 0.6 is 0 Å². The summed E-state index contributed by atoms with van der Waals surface area (Å²) < 4.78 is 5.53. The van der Waals surface area contributed by atoms with Crippen LogP contribution in [0, 0.1) is 35.8 Å². The van der Waals surface area contributed by atoms with Gasteiger partial charge < -0.3 is 10.1 Å². The molecule has 1 atom stereocenters. The van der Waals surface area contributed by atoms with E-state index in [9.17, 15) is 0 Å². The van der Waals surface area contributed by atoms with Crippen molar-refractivity contribution in [3.05, 3.63) is 82.0 Å². The van der Waals surface area contributed by atoms with E-state index >= 15 is 0 Å². The Morgan fingerprint density at radius 1 is 1.13 bits per heavy atom. The molecule has 1 aromatic carbocycles. The molecule has 0 spiro atoms. The third kappa shape index (κ3) is 4.90. The maximum Gasteiger partial charge on any atom is 2.00 e. The van der Waals surface area contributed by atoms with E-state index in [0.717, 1.165) is 12.0 Å². The average Bonchev–Trinajstić information content (AvgIpc) is 3.32. The molecule has 3 heteroatoms. The first-order valence-electron chi connectivity index (χ1n) is 6.81. The van der Waals surface area contributed by atoms with Gasteiger partial charge in [0.15, 0.2) is 0 Å². The van der Waals surface area contributed by atoms with Crippen LogP contribution in [0.3, 0.4) is 0 Å². The molecule has 2 nitrogen and oxygen atoms in total. The van der Waals surface area contributed by atoms with Crippen molar-refractivity contribution in [1.29, 1.82) is 0 Å². The molecule has 109 valence electrons. The summed E-state index contributed by atoms with van der Waals surface area (Å²) in [6.07, 6.45) is 5.90. The first-order valence-corrected chi connectivity index (χ1v) is 6.81. The summed E-state index contributed by atoms with van der Waals surface area (Å²) in [5.74, 6) is 11.8. The number of ether oxygens (including phenoxy) is 1. The van der Waals surface area contributed by atoms with Crippen LogP contribution < -0.4 is 0 Å². The molecule has 1 aliphatic heterocycles. The van der Waals surface area contributed by atoms with E-state index in [1.165, 1.54) is 5.56 Å². The van der Waals surface area contributed by atoms with Crippen molar-refractivity contribution in [3.8, 4) is 23.7 Å². The number of benzene rings is 1. The molecule has 1 fully saturated rings. The van der Waals surface area contributed by atoms with Crippen molar-refractivity contribution in [3.63, 3.8) is 0 Å². The standard InChI is InChI=1S/C15H10NO.C5.Fe/c1-2-6-12(7-3-1)10-14-11-17-15(16-14)13-8-4-5-9-13;1-2-4-5-3-1;/h1-3,6-7,14H,10-11H2;;/q2*-1;+2/t14-;;/m0../s1. The molecule has 0 saturated carbocycles. The Bertz CT molecular complexity index is 817. The van der Waals surface area contributed by atoms with E-state index in [2.05, 4.69) is 70.5 Å². The number of allylic oxidation sites excluding steroid dienone is 3. The van der Waals surface area contributed by atoms with Gasteiger partial charge in [-0.2, -0.15) is 0 Å². The Morgan fingerprint density at radius 2 is 1.91 bits per heavy atom. The van der Waals surface area contributed by atoms with Crippen molar-refractivity contribution >= 4 is 0 Å². The van der Waals surface area contributed by atoms with Gasteiger partial charge in [0.25, 0.3) is 0 Å². The van der Waals surface area contributed by atoms with Gasteiger partial charge in [0.2, 0.25) is 0 Å². The van der Waals surface area contributed by atoms with Crippen molar-refractivity contribution in [2.75, 3.05) is 6.61 Å². The monoisotopic (exact) mass is 336 g/mol. The fourth-order valence-electron chi connectivity index (χ4n) is 2.02. The van der Waals surface area contributed by atoms with Crippen LogP contribution in [0.25, 0.3) is 5.32 Å². The summed E-state index contributed by atoms with van der Waals surface area (Å²) in [6, 6.07) is 10.5. The summed E-state index contributed by atoms with van der Waals surface area (Å²) in [4.78, 5) is 0. The third-order valence-electron chi connectivity index (χ3n) is 2.99. The van der Waals surface area contributed by atoms with E-state index in [4.69, 9.17) is 4.74 Å².